The molecule has 0 spiro atoms. The minimum Gasteiger partial charge on any atom is -0.478 e. The smallest absolute Gasteiger partial charge is 0.337 e. The number of rotatable bonds is 5. The fraction of sp³-hybridized carbons (Fsp3) is 0. The van der Waals surface area contributed by atoms with Gasteiger partial charge in [0.15, 0.2) is 0 Å². The highest BCUT2D eigenvalue weighted by molar-refractivity contribution is 6.05. The van der Waals surface area contributed by atoms with E-state index in [1.807, 2.05) is 0 Å². The molecule has 6 heteroatoms. The number of aromatic carboxylic acids is 3. The van der Waals surface area contributed by atoms with Gasteiger partial charge in [0, 0.05) is 0 Å². The molecule has 0 heterocycles. The van der Waals surface area contributed by atoms with E-state index in [0.717, 1.165) is 0 Å². The minimum absolute atomic E-state index is 0.0648. The highest BCUT2D eigenvalue weighted by Crippen LogP contribution is 2.19. The van der Waals surface area contributed by atoms with Gasteiger partial charge in [-0.3, -0.25) is 0 Å². The Bertz CT molecular complexity index is 820. The van der Waals surface area contributed by atoms with E-state index in [-0.39, 0.29) is 22.3 Å². The van der Waals surface area contributed by atoms with Gasteiger partial charge < -0.3 is 15.3 Å². The van der Waals surface area contributed by atoms with Crippen molar-refractivity contribution >= 4 is 30.1 Å². The number of carbonyl (C=O) groups is 3. The maximum atomic E-state index is 11.3. The Labute approximate surface area is 130 Å². The Kier molecular flexibility index (Phi) is 4.56. The van der Waals surface area contributed by atoms with Crippen LogP contribution in [-0.4, -0.2) is 33.2 Å². The van der Waals surface area contributed by atoms with Gasteiger partial charge in [-0.1, -0.05) is 42.5 Å². The summed E-state index contributed by atoms with van der Waals surface area (Å²) in [6, 6.07) is 10.3. The minimum atomic E-state index is -1.37. The fourth-order valence-corrected chi connectivity index (χ4v) is 2.14. The highest BCUT2D eigenvalue weighted by atomic mass is 16.4. The van der Waals surface area contributed by atoms with E-state index < -0.39 is 17.9 Å². The van der Waals surface area contributed by atoms with Crippen LogP contribution in [0.25, 0.3) is 12.2 Å². The van der Waals surface area contributed by atoms with Gasteiger partial charge in [0.05, 0.1) is 16.7 Å². The van der Waals surface area contributed by atoms with Crippen molar-refractivity contribution in [2.75, 3.05) is 0 Å². The SMILES string of the molecule is O=C(O)c1ccccc1/C=C/c1cccc(C(=O)O)c1C(=O)O. The van der Waals surface area contributed by atoms with E-state index >= 15 is 0 Å². The summed E-state index contributed by atoms with van der Waals surface area (Å²) in [5.41, 5.74) is -0.0418. The average molecular weight is 312 g/mol. The summed E-state index contributed by atoms with van der Waals surface area (Å²) in [6.45, 7) is 0. The number of hydrogen-bond donors (Lipinski definition) is 3. The first-order valence-electron chi connectivity index (χ1n) is 6.52. The lowest BCUT2D eigenvalue weighted by Crippen LogP contribution is -2.09. The van der Waals surface area contributed by atoms with Crippen LogP contribution in [0.5, 0.6) is 0 Å². The molecule has 2 aromatic carbocycles. The van der Waals surface area contributed by atoms with E-state index in [1.54, 1.807) is 18.2 Å². The molecule has 6 nitrogen and oxygen atoms in total. The molecular formula is C17H12O6. The van der Waals surface area contributed by atoms with Crippen LogP contribution >= 0.6 is 0 Å². The zero-order chi connectivity index (χ0) is 17.0. The van der Waals surface area contributed by atoms with Gasteiger partial charge >= 0.3 is 17.9 Å². The van der Waals surface area contributed by atoms with Crippen LogP contribution in [0.1, 0.15) is 42.2 Å². The van der Waals surface area contributed by atoms with Crippen LogP contribution < -0.4 is 0 Å². The monoisotopic (exact) mass is 312 g/mol. The van der Waals surface area contributed by atoms with Crippen LogP contribution in [0.4, 0.5) is 0 Å². The molecule has 2 aromatic rings. The standard InChI is InChI=1S/C17H12O6/c18-15(19)12-6-2-1-4-10(12)8-9-11-5-3-7-13(16(20)21)14(11)17(22)23/h1-9H,(H,18,19)(H,20,21)(H,22,23)/b9-8+. The molecule has 116 valence electrons. The summed E-state index contributed by atoms with van der Waals surface area (Å²) < 4.78 is 0. The Morgan fingerprint density at radius 2 is 1.17 bits per heavy atom. The molecular weight excluding hydrogens is 300 g/mol. The molecule has 0 unspecified atom stereocenters. The number of carboxylic acid groups (broad SMARTS) is 3. The van der Waals surface area contributed by atoms with Gasteiger partial charge in [-0.05, 0) is 23.3 Å². The van der Waals surface area contributed by atoms with Crippen LogP contribution in [0, 0.1) is 0 Å². The van der Waals surface area contributed by atoms with E-state index in [2.05, 4.69) is 0 Å². The van der Waals surface area contributed by atoms with Gasteiger partial charge in [-0.2, -0.15) is 0 Å². The summed E-state index contributed by atoms with van der Waals surface area (Å²) >= 11 is 0. The molecule has 0 radical (unpaired) electrons. The Hall–Kier alpha value is -3.41. The molecule has 0 fully saturated rings. The summed E-state index contributed by atoms with van der Waals surface area (Å²) in [4.78, 5) is 33.6. The van der Waals surface area contributed by atoms with Crippen molar-refractivity contribution in [1.29, 1.82) is 0 Å². The van der Waals surface area contributed by atoms with E-state index in [4.69, 9.17) is 10.2 Å². The van der Waals surface area contributed by atoms with E-state index in [9.17, 15) is 19.5 Å². The molecule has 0 amide bonds. The lowest BCUT2D eigenvalue weighted by atomic mass is 9.99. The molecule has 23 heavy (non-hydrogen) atoms. The largest absolute Gasteiger partial charge is 0.478 e. The van der Waals surface area contributed by atoms with Gasteiger partial charge in [0.1, 0.15) is 0 Å². The Morgan fingerprint density at radius 3 is 1.78 bits per heavy atom. The second-order valence-electron chi connectivity index (χ2n) is 4.61. The third kappa shape index (κ3) is 3.44. The molecule has 0 atom stereocenters. The van der Waals surface area contributed by atoms with Crippen LogP contribution in [0.15, 0.2) is 42.5 Å². The summed E-state index contributed by atoms with van der Waals surface area (Å²) in [6.07, 6.45) is 2.83. The first-order chi connectivity index (χ1) is 10.9. The van der Waals surface area contributed by atoms with Crippen molar-refractivity contribution in [3.8, 4) is 0 Å². The van der Waals surface area contributed by atoms with Gasteiger partial charge in [0.2, 0.25) is 0 Å². The van der Waals surface area contributed by atoms with E-state index in [1.165, 1.54) is 36.4 Å². The zero-order valence-electron chi connectivity index (χ0n) is 11.8. The fourth-order valence-electron chi connectivity index (χ4n) is 2.14. The molecule has 2 rings (SSSR count). The predicted molar refractivity (Wildman–Crippen MR) is 82.7 cm³/mol. The summed E-state index contributed by atoms with van der Waals surface area (Å²) in [5.74, 6) is -3.82. The first kappa shape index (κ1) is 16.0. The molecule has 0 aromatic heterocycles. The number of carboxylic acids is 3. The van der Waals surface area contributed by atoms with Crippen molar-refractivity contribution < 1.29 is 29.7 Å². The molecule has 3 N–H and O–H groups in total. The normalized spacial score (nSPS) is 10.6. The second-order valence-corrected chi connectivity index (χ2v) is 4.61. The molecule has 0 saturated carbocycles. The second kappa shape index (κ2) is 6.57. The molecule has 0 aliphatic rings. The lowest BCUT2D eigenvalue weighted by Gasteiger charge is -2.06. The predicted octanol–water partition coefficient (Wildman–Crippen LogP) is 2.95. The van der Waals surface area contributed by atoms with Crippen molar-refractivity contribution in [3.05, 3.63) is 70.3 Å². The van der Waals surface area contributed by atoms with E-state index in [0.29, 0.717) is 5.56 Å². The molecule has 0 aliphatic carbocycles. The van der Waals surface area contributed by atoms with Gasteiger partial charge in [0.25, 0.3) is 0 Å². The molecule has 0 aliphatic heterocycles. The Morgan fingerprint density at radius 1 is 0.652 bits per heavy atom. The van der Waals surface area contributed by atoms with Crippen LogP contribution in [0.3, 0.4) is 0 Å². The number of hydrogen-bond acceptors (Lipinski definition) is 3. The molecule has 0 bridgehead atoms. The van der Waals surface area contributed by atoms with Crippen LogP contribution in [0.2, 0.25) is 0 Å². The molecule has 0 saturated heterocycles. The van der Waals surface area contributed by atoms with Crippen molar-refractivity contribution in [3.63, 3.8) is 0 Å². The maximum Gasteiger partial charge on any atom is 0.337 e. The Balaban J connectivity index is 2.53. The van der Waals surface area contributed by atoms with Crippen molar-refractivity contribution in [1.82, 2.24) is 0 Å². The zero-order valence-corrected chi connectivity index (χ0v) is 11.8. The third-order valence-corrected chi connectivity index (χ3v) is 3.17. The van der Waals surface area contributed by atoms with Gasteiger partial charge in [-0.15, -0.1) is 0 Å². The topological polar surface area (TPSA) is 112 Å². The lowest BCUT2D eigenvalue weighted by molar-refractivity contribution is 0.0651. The van der Waals surface area contributed by atoms with Crippen molar-refractivity contribution in [2.45, 2.75) is 0 Å². The van der Waals surface area contributed by atoms with Crippen molar-refractivity contribution in [2.24, 2.45) is 0 Å². The summed E-state index contributed by atoms with van der Waals surface area (Å²) in [7, 11) is 0. The third-order valence-electron chi connectivity index (χ3n) is 3.17. The van der Waals surface area contributed by atoms with Gasteiger partial charge in [-0.25, -0.2) is 14.4 Å². The summed E-state index contributed by atoms with van der Waals surface area (Å²) in [5, 5.41) is 27.4. The first-order valence-corrected chi connectivity index (χ1v) is 6.52. The quantitative estimate of drug-likeness (QED) is 0.732. The van der Waals surface area contributed by atoms with Crippen LogP contribution in [-0.2, 0) is 0 Å². The average Bonchev–Trinajstić information content (AvgIpc) is 2.52. The highest BCUT2D eigenvalue weighted by Gasteiger charge is 2.18. The number of benzene rings is 2. The maximum absolute atomic E-state index is 11.3.